The van der Waals surface area contributed by atoms with Crippen molar-refractivity contribution in [3.05, 3.63) is 42.2 Å². The minimum atomic E-state index is -0.187. The van der Waals surface area contributed by atoms with Crippen LogP contribution in [0.4, 0.5) is 5.95 Å². The van der Waals surface area contributed by atoms with E-state index in [9.17, 15) is 4.79 Å². The van der Waals surface area contributed by atoms with E-state index in [0.717, 1.165) is 44.3 Å². The molecule has 2 aliphatic rings. The van der Waals surface area contributed by atoms with Crippen molar-refractivity contribution in [1.29, 1.82) is 0 Å². The number of ether oxygens (including phenoxy) is 1. The molecule has 0 radical (unpaired) electrons. The van der Waals surface area contributed by atoms with Crippen LogP contribution in [0.2, 0.25) is 0 Å². The number of nitrogens with zero attached hydrogens (tertiary/aromatic N) is 5. The Labute approximate surface area is 158 Å². The van der Waals surface area contributed by atoms with Gasteiger partial charge in [-0.2, -0.15) is 0 Å². The number of amides is 1. The average Bonchev–Trinajstić information content (AvgIpc) is 3.50. The lowest BCUT2D eigenvalue weighted by atomic mass is 9.98. The highest BCUT2D eigenvalue weighted by Gasteiger charge is 2.45. The van der Waals surface area contributed by atoms with Crippen molar-refractivity contribution in [2.24, 2.45) is 5.92 Å². The highest BCUT2D eigenvalue weighted by Crippen LogP contribution is 2.47. The summed E-state index contributed by atoms with van der Waals surface area (Å²) in [5, 5.41) is 3.37. The van der Waals surface area contributed by atoms with Gasteiger partial charge < -0.3 is 15.0 Å². The van der Waals surface area contributed by atoms with Gasteiger partial charge in [-0.3, -0.25) is 4.79 Å². The van der Waals surface area contributed by atoms with Crippen LogP contribution in [0.5, 0.6) is 0 Å². The number of carbonyl (C=O) groups excluding carboxylic acids is 1. The van der Waals surface area contributed by atoms with Crippen molar-refractivity contribution in [2.75, 3.05) is 32.1 Å². The van der Waals surface area contributed by atoms with Gasteiger partial charge in [0.25, 0.3) is 5.91 Å². The molecular formula is C19H24N6O2. The smallest absolute Gasteiger partial charge is 0.257 e. The van der Waals surface area contributed by atoms with E-state index in [4.69, 9.17) is 4.74 Å². The van der Waals surface area contributed by atoms with E-state index in [0.29, 0.717) is 24.0 Å². The van der Waals surface area contributed by atoms with E-state index < -0.39 is 0 Å². The molecular weight excluding hydrogens is 344 g/mol. The van der Waals surface area contributed by atoms with Crippen LogP contribution in [-0.2, 0) is 10.3 Å². The Morgan fingerprint density at radius 1 is 1.26 bits per heavy atom. The fourth-order valence-corrected chi connectivity index (χ4v) is 3.68. The number of anilines is 1. The number of hydrogen-bond donors (Lipinski definition) is 1. The zero-order valence-corrected chi connectivity index (χ0v) is 15.5. The molecule has 1 atom stereocenters. The summed E-state index contributed by atoms with van der Waals surface area (Å²) in [5.41, 5.74) is 1.37. The van der Waals surface area contributed by atoms with Crippen LogP contribution in [0.15, 0.2) is 31.1 Å². The third kappa shape index (κ3) is 3.90. The number of aromatic nitrogens is 4. The van der Waals surface area contributed by atoms with Crippen LogP contribution in [0, 0.1) is 5.92 Å². The van der Waals surface area contributed by atoms with Crippen molar-refractivity contribution in [2.45, 2.75) is 31.2 Å². The van der Waals surface area contributed by atoms with Gasteiger partial charge >= 0.3 is 0 Å². The van der Waals surface area contributed by atoms with Gasteiger partial charge in [-0.1, -0.05) is 0 Å². The molecule has 1 aliphatic heterocycles. The number of carbonyl (C=O) groups is 1. The molecule has 1 N–H and O–H groups in total. The molecule has 1 aliphatic carbocycles. The minimum Gasteiger partial charge on any atom is -0.384 e. The molecule has 142 valence electrons. The van der Waals surface area contributed by atoms with Gasteiger partial charge in [0.2, 0.25) is 5.95 Å². The fraction of sp³-hybridized carbons (Fsp3) is 0.526. The molecule has 1 unspecified atom stereocenters. The number of likely N-dealkylation sites (tertiary alicyclic amines) is 1. The molecule has 8 heteroatoms. The molecule has 8 nitrogen and oxygen atoms in total. The minimum absolute atomic E-state index is 0.0139. The number of methoxy groups -OCH3 is 1. The van der Waals surface area contributed by atoms with Gasteiger partial charge in [0.05, 0.1) is 17.7 Å². The maximum Gasteiger partial charge on any atom is 0.257 e. The number of piperidine rings is 1. The molecule has 2 aromatic rings. The second kappa shape index (κ2) is 7.56. The summed E-state index contributed by atoms with van der Waals surface area (Å²) >= 11 is 0. The predicted octanol–water partition coefficient (Wildman–Crippen LogP) is 1.87. The van der Waals surface area contributed by atoms with Gasteiger partial charge in [0, 0.05) is 50.6 Å². The first-order valence-corrected chi connectivity index (χ1v) is 9.34. The van der Waals surface area contributed by atoms with Gasteiger partial charge in [-0.15, -0.1) is 0 Å². The highest BCUT2D eigenvalue weighted by molar-refractivity contribution is 5.93. The van der Waals surface area contributed by atoms with E-state index in [1.807, 2.05) is 17.3 Å². The lowest BCUT2D eigenvalue weighted by Gasteiger charge is -2.32. The Kier molecular flexibility index (Phi) is 4.98. The standard InChI is InChI=1S/C19H24N6O2/c1-27-12-14-3-2-6-25(11-14)17(26)15-7-22-18(23-8-15)24-19(4-5-19)16-9-20-13-21-10-16/h7-10,13-14H,2-6,11-12H2,1H3,(H,22,23,24). The van der Waals surface area contributed by atoms with Crippen molar-refractivity contribution in [1.82, 2.24) is 24.8 Å². The topological polar surface area (TPSA) is 93.1 Å². The third-order valence-electron chi connectivity index (χ3n) is 5.32. The fourth-order valence-electron chi connectivity index (χ4n) is 3.68. The van der Waals surface area contributed by atoms with Crippen LogP contribution < -0.4 is 5.32 Å². The quantitative estimate of drug-likeness (QED) is 0.832. The van der Waals surface area contributed by atoms with Gasteiger partial charge in [0.1, 0.15) is 6.33 Å². The lowest BCUT2D eigenvalue weighted by Crippen LogP contribution is -2.41. The zero-order valence-electron chi connectivity index (χ0n) is 15.5. The number of nitrogens with one attached hydrogen (secondary N) is 1. The van der Waals surface area contributed by atoms with Crippen LogP contribution in [0.3, 0.4) is 0 Å². The molecule has 3 heterocycles. The second-order valence-electron chi connectivity index (χ2n) is 7.34. The normalized spacial score (nSPS) is 20.9. The van der Waals surface area contributed by atoms with Crippen molar-refractivity contribution in [3.63, 3.8) is 0 Å². The molecule has 1 saturated carbocycles. The predicted molar refractivity (Wildman–Crippen MR) is 99.1 cm³/mol. The van der Waals surface area contributed by atoms with Crippen LogP contribution in [0.25, 0.3) is 0 Å². The van der Waals surface area contributed by atoms with Crippen molar-refractivity contribution < 1.29 is 9.53 Å². The number of hydrogen-bond acceptors (Lipinski definition) is 7. The zero-order chi connectivity index (χ0) is 18.7. The first kappa shape index (κ1) is 17.8. The largest absolute Gasteiger partial charge is 0.384 e. The molecule has 2 fully saturated rings. The van der Waals surface area contributed by atoms with Gasteiger partial charge in [-0.25, -0.2) is 19.9 Å². The van der Waals surface area contributed by atoms with E-state index in [1.54, 1.807) is 19.5 Å². The first-order chi connectivity index (χ1) is 13.2. The molecule has 0 spiro atoms. The second-order valence-corrected chi connectivity index (χ2v) is 7.34. The van der Waals surface area contributed by atoms with Gasteiger partial charge in [-0.05, 0) is 31.6 Å². The summed E-state index contributed by atoms with van der Waals surface area (Å²) in [4.78, 5) is 31.5. The summed E-state index contributed by atoms with van der Waals surface area (Å²) in [5.74, 6) is 0.904. The van der Waals surface area contributed by atoms with Crippen LogP contribution in [-0.4, -0.2) is 57.5 Å². The monoisotopic (exact) mass is 368 g/mol. The highest BCUT2D eigenvalue weighted by atomic mass is 16.5. The molecule has 1 saturated heterocycles. The summed E-state index contributed by atoms with van der Waals surface area (Å²) in [6.07, 6.45) is 12.4. The lowest BCUT2D eigenvalue weighted by molar-refractivity contribution is 0.0570. The molecule has 1 amide bonds. The van der Waals surface area contributed by atoms with Crippen molar-refractivity contribution in [3.8, 4) is 0 Å². The van der Waals surface area contributed by atoms with E-state index >= 15 is 0 Å². The van der Waals surface area contributed by atoms with E-state index in [1.165, 1.54) is 6.33 Å². The Balaban J connectivity index is 1.41. The first-order valence-electron chi connectivity index (χ1n) is 9.34. The Morgan fingerprint density at radius 2 is 2.00 bits per heavy atom. The molecule has 4 rings (SSSR count). The maximum absolute atomic E-state index is 12.7. The Morgan fingerprint density at radius 3 is 2.67 bits per heavy atom. The summed E-state index contributed by atoms with van der Waals surface area (Å²) in [6, 6.07) is 0. The van der Waals surface area contributed by atoms with Crippen LogP contribution >= 0.6 is 0 Å². The Hall–Kier alpha value is -2.61. The molecule has 27 heavy (non-hydrogen) atoms. The van der Waals surface area contributed by atoms with Gasteiger partial charge in [0.15, 0.2) is 0 Å². The Bertz CT molecular complexity index is 777. The van der Waals surface area contributed by atoms with Crippen molar-refractivity contribution >= 4 is 11.9 Å². The van der Waals surface area contributed by atoms with E-state index in [-0.39, 0.29) is 11.4 Å². The van der Waals surface area contributed by atoms with E-state index in [2.05, 4.69) is 25.3 Å². The summed E-state index contributed by atoms with van der Waals surface area (Å²) < 4.78 is 5.24. The summed E-state index contributed by atoms with van der Waals surface area (Å²) in [7, 11) is 1.70. The van der Waals surface area contributed by atoms with Crippen LogP contribution in [0.1, 0.15) is 41.6 Å². The third-order valence-corrected chi connectivity index (χ3v) is 5.32. The maximum atomic E-state index is 12.7. The SMILES string of the molecule is COCC1CCCN(C(=O)c2cnc(NC3(c4cncnc4)CC3)nc2)C1. The molecule has 2 aromatic heterocycles. The molecule has 0 bridgehead atoms. The average molecular weight is 368 g/mol. The summed E-state index contributed by atoms with van der Waals surface area (Å²) in [6.45, 7) is 2.19. The molecule has 0 aromatic carbocycles. The number of rotatable bonds is 6.